The third-order valence-corrected chi connectivity index (χ3v) is 7.52. The van der Waals surface area contributed by atoms with Crippen molar-refractivity contribution < 1.29 is 30.8 Å². The first kappa shape index (κ1) is 24.7. The molecule has 2 aromatic carbocycles. The Morgan fingerprint density at radius 1 is 1.06 bits per heavy atom. The van der Waals surface area contributed by atoms with Crippen molar-refractivity contribution in [3.8, 4) is 11.3 Å². The molecule has 1 aliphatic rings. The SMILES string of the molecule is O=C(NCc1cc(-c2ccc(C(F)(F)F)cc2)ncn1)C1CCCN1S(=O)(=O)c1ccc(F)cc1. The average Bonchev–Trinajstić information content (AvgIpc) is 3.34. The van der Waals surface area contributed by atoms with Gasteiger partial charge in [0.25, 0.3) is 0 Å². The number of hydrogen-bond acceptors (Lipinski definition) is 5. The highest BCUT2D eigenvalue weighted by molar-refractivity contribution is 7.89. The zero-order valence-corrected chi connectivity index (χ0v) is 19.0. The van der Waals surface area contributed by atoms with E-state index in [0.29, 0.717) is 29.8 Å². The van der Waals surface area contributed by atoms with Crippen molar-refractivity contribution >= 4 is 15.9 Å². The molecule has 0 radical (unpaired) electrons. The van der Waals surface area contributed by atoms with Crippen molar-refractivity contribution in [2.24, 2.45) is 0 Å². The van der Waals surface area contributed by atoms with Gasteiger partial charge in [0.2, 0.25) is 15.9 Å². The Hall–Kier alpha value is -3.38. The number of alkyl halides is 3. The van der Waals surface area contributed by atoms with Crippen LogP contribution in [0.2, 0.25) is 0 Å². The van der Waals surface area contributed by atoms with E-state index in [-0.39, 0.29) is 18.0 Å². The fraction of sp³-hybridized carbons (Fsp3) is 0.261. The topological polar surface area (TPSA) is 92.3 Å². The number of rotatable bonds is 6. The van der Waals surface area contributed by atoms with Crippen LogP contribution in [-0.4, -0.2) is 41.2 Å². The van der Waals surface area contributed by atoms with Crippen LogP contribution in [-0.2, 0) is 27.5 Å². The number of halogens is 4. The fourth-order valence-electron chi connectivity index (χ4n) is 3.81. The molecule has 4 rings (SSSR count). The Bertz CT molecular complexity index is 1310. The van der Waals surface area contributed by atoms with Crippen molar-refractivity contribution in [2.45, 2.75) is 36.5 Å². The Morgan fingerprint density at radius 3 is 2.40 bits per heavy atom. The average molecular weight is 508 g/mol. The van der Waals surface area contributed by atoms with Crippen LogP contribution in [0.3, 0.4) is 0 Å². The summed E-state index contributed by atoms with van der Waals surface area (Å²) >= 11 is 0. The summed E-state index contributed by atoms with van der Waals surface area (Å²) in [5.74, 6) is -1.08. The first-order valence-corrected chi connectivity index (χ1v) is 12.0. The van der Waals surface area contributed by atoms with Crippen LogP contribution in [0.4, 0.5) is 17.6 Å². The fourth-order valence-corrected chi connectivity index (χ4v) is 5.47. The summed E-state index contributed by atoms with van der Waals surface area (Å²) < 4.78 is 78.5. The second-order valence-electron chi connectivity index (χ2n) is 7.92. The summed E-state index contributed by atoms with van der Waals surface area (Å²) in [4.78, 5) is 20.9. The van der Waals surface area contributed by atoms with Crippen molar-refractivity contribution in [1.82, 2.24) is 19.6 Å². The molecule has 0 bridgehead atoms. The standard InChI is InChI=1S/C23H20F4N4O3S/c24-17-7-9-19(10-8-17)35(33,34)31-11-1-2-21(31)22(32)28-13-18-12-20(30-14-29-18)15-3-5-16(6-4-15)23(25,26)27/h3-10,12,14,21H,1-2,11,13H2,(H,28,32). The van der Waals surface area contributed by atoms with Gasteiger partial charge in [-0.1, -0.05) is 12.1 Å². The molecule has 1 fully saturated rings. The van der Waals surface area contributed by atoms with Crippen LogP contribution in [0.15, 0.2) is 65.8 Å². The van der Waals surface area contributed by atoms with E-state index < -0.39 is 39.5 Å². The number of sulfonamides is 1. The van der Waals surface area contributed by atoms with Crippen LogP contribution in [0.5, 0.6) is 0 Å². The molecule has 35 heavy (non-hydrogen) atoms. The van der Waals surface area contributed by atoms with E-state index in [1.807, 2.05) is 0 Å². The number of amides is 1. The molecule has 184 valence electrons. The molecule has 1 amide bonds. The lowest BCUT2D eigenvalue weighted by molar-refractivity contribution is -0.137. The molecule has 3 aromatic rings. The number of benzene rings is 2. The molecule has 1 unspecified atom stereocenters. The van der Waals surface area contributed by atoms with E-state index in [0.717, 1.165) is 40.7 Å². The van der Waals surface area contributed by atoms with Crippen LogP contribution in [0, 0.1) is 5.82 Å². The third-order valence-electron chi connectivity index (χ3n) is 5.60. The van der Waals surface area contributed by atoms with Gasteiger partial charge in [0, 0.05) is 12.1 Å². The van der Waals surface area contributed by atoms with Gasteiger partial charge in [0.15, 0.2) is 0 Å². The molecule has 1 saturated heterocycles. The minimum absolute atomic E-state index is 0.0318. The third kappa shape index (κ3) is 5.49. The van der Waals surface area contributed by atoms with Gasteiger partial charge in [-0.3, -0.25) is 4.79 Å². The van der Waals surface area contributed by atoms with Crippen molar-refractivity contribution in [3.05, 3.63) is 78.0 Å². The van der Waals surface area contributed by atoms with Crippen LogP contribution in [0.1, 0.15) is 24.1 Å². The highest BCUT2D eigenvalue weighted by atomic mass is 32.2. The van der Waals surface area contributed by atoms with Gasteiger partial charge >= 0.3 is 6.18 Å². The lowest BCUT2D eigenvalue weighted by Crippen LogP contribution is -2.45. The van der Waals surface area contributed by atoms with Gasteiger partial charge in [0.05, 0.1) is 28.4 Å². The molecule has 0 spiro atoms. The second-order valence-corrected chi connectivity index (χ2v) is 9.81. The largest absolute Gasteiger partial charge is 0.416 e. The number of carbonyl (C=O) groups is 1. The van der Waals surface area contributed by atoms with E-state index in [9.17, 15) is 30.8 Å². The summed E-state index contributed by atoms with van der Waals surface area (Å²) in [6, 6.07) is 9.50. The van der Waals surface area contributed by atoms with E-state index in [2.05, 4.69) is 15.3 Å². The van der Waals surface area contributed by atoms with Crippen molar-refractivity contribution in [1.29, 1.82) is 0 Å². The van der Waals surface area contributed by atoms with E-state index in [1.54, 1.807) is 0 Å². The van der Waals surface area contributed by atoms with E-state index >= 15 is 0 Å². The van der Waals surface area contributed by atoms with Crippen LogP contribution in [0.25, 0.3) is 11.3 Å². The van der Waals surface area contributed by atoms with Gasteiger partial charge in [0.1, 0.15) is 18.2 Å². The molecule has 2 heterocycles. The van der Waals surface area contributed by atoms with Crippen molar-refractivity contribution in [3.63, 3.8) is 0 Å². The number of hydrogen-bond donors (Lipinski definition) is 1. The first-order valence-electron chi connectivity index (χ1n) is 10.6. The highest BCUT2D eigenvalue weighted by Gasteiger charge is 2.39. The maximum atomic E-state index is 13.2. The quantitative estimate of drug-likeness (QED) is 0.512. The smallest absolute Gasteiger partial charge is 0.349 e. The summed E-state index contributed by atoms with van der Waals surface area (Å²) in [5, 5.41) is 2.67. The van der Waals surface area contributed by atoms with Crippen molar-refractivity contribution in [2.75, 3.05) is 6.54 Å². The predicted octanol–water partition coefficient (Wildman–Crippen LogP) is 3.77. The lowest BCUT2D eigenvalue weighted by Gasteiger charge is -2.23. The number of nitrogens with one attached hydrogen (secondary N) is 1. The molecule has 12 heteroatoms. The van der Waals surface area contributed by atoms with Crippen LogP contribution < -0.4 is 5.32 Å². The zero-order chi connectivity index (χ0) is 25.2. The molecule has 1 aromatic heterocycles. The molecule has 0 aliphatic carbocycles. The summed E-state index contributed by atoms with van der Waals surface area (Å²) in [7, 11) is -3.99. The van der Waals surface area contributed by atoms with Crippen LogP contribution >= 0.6 is 0 Å². The minimum atomic E-state index is -4.45. The zero-order valence-electron chi connectivity index (χ0n) is 18.2. The van der Waals surface area contributed by atoms with Gasteiger partial charge < -0.3 is 5.32 Å². The summed E-state index contributed by atoms with van der Waals surface area (Å²) in [6.07, 6.45) is -2.40. The monoisotopic (exact) mass is 508 g/mol. The first-order chi connectivity index (χ1) is 16.6. The summed E-state index contributed by atoms with van der Waals surface area (Å²) in [5.41, 5.74) is 0.438. The molecule has 7 nitrogen and oxygen atoms in total. The Balaban J connectivity index is 1.44. The Kier molecular flexibility index (Phi) is 6.86. The molecular weight excluding hydrogens is 488 g/mol. The lowest BCUT2D eigenvalue weighted by atomic mass is 10.1. The number of nitrogens with zero attached hydrogens (tertiary/aromatic N) is 3. The Morgan fingerprint density at radius 2 is 1.74 bits per heavy atom. The van der Waals surface area contributed by atoms with E-state index in [1.165, 1.54) is 24.5 Å². The van der Waals surface area contributed by atoms with E-state index in [4.69, 9.17) is 0 Å². The predicted molar refractivity (Wildman–Crippen MR) is 118 cm³/mol. The van der Waals surface area contributed by atoms with Gasteiger partial charge in [-0.15, -0.1) is 0 Å². The molecule has 1 N–H and O–H groups in total. The Labute approximate surface area is 198 Å². The molecule has 1 atom stereocenters. The van der Waals surface area contributed by atoms with Gasteiger partial charge in [-0.05, 0) is 55.3 Å². The normalized spacial score (nSPS) is 16.9. The van der Waals surface area contributed by atoms with Gasteiger partial charge in [-0.25, -0.2) is 22.8 Å². The molecule has 0 saturated carbocycles. The maximum absolute atomic E-state index is 13.2. The van der Waals surface area contributed by atoms with Gasteiger partial charge in [-0.2, -0.15) is 17.5 Å². The molecular formula is C23H20F4N4O3S. The highest BCUT2D eigenvalue weighted by Crippen LogP contribution is 2.31. The number of carbonyl (C=O) groups excluding carboxylic acids is 1. The number of aromatic nitrogens is 2. The second kappa shape index (κ2) is 9.70. The summed E-state index contributed by atoms with van der Waals surface area (Å²) in [6.45, 7) is 0.124. The molecule has 1 aliphatic heterocycles. The minimum Gasteiger partial charge on any atom is -0.349 e. The maximum Gasteiger partial charge on any atom is 0.416 e.